The number of hydrogen-bond acceptors (Lipinski definition) is 6. The van der Waals surface area contributed by atoms with Gasteiger partial charge in [-0.05, 0) is 5.92 Å². The van der Waals surface area contributed by atoms with Crippen molar-refractivity contribution in [2.45, 2.75) is 33.0 Å². The number of hydrogen-bond donors (Lipinski definition) is 0. The molecule has 0 bridgehead atoms. The molecule has 0 N–H and O–H groups in total. The van der Waals surface area contributed by atoms with E-state index in [1.807, 2.05) is 13.8 Å². The van der Waals surface area contributed by atoms with Gasteiger partial charge >= 0.3 is 6.09 Å². The van der Waals surface area contributed by atoms with Crippen LogP contribution in [0, 0.1) is 5.92 Å². The molecule has 0 saturated carbocycles. The molecule has 1 aliphatic heterocycles. The highest BCUT2D eigenvalue weighted by atomic mass is 16.6. The Labute approximate surface area is 105 Å². The third-order valence-corrected chi connectivity index (χ3v) is 2.87. The van der Waals surface area contributed by atoms with E-state index in [9.17, 15) is 4.79 Å². The second-order valence-corrected chi connectivity index (χ2v) is 4.55. The minimum absolute atomic E-state index is 0.0573. The molecule has 0 aromatic carbocycles. The first kappa shape index (κ1) is 12.8. The maximum atomic E-state index is 11.6. The topological polar surface area (TPSA) is 77.7 Å². The fourth-order valence-corrected chi connectivity index (χ4v) is 1.89. The molecular weight excluding hydrogens is 238 g/mol. The van der Waals surface area contributed by atoms with Gasteiger partial charge in [-0.3, -0.25) is 4.90 Å². The van der Waals surface area contributed by atoms with Crippen molar-refractivity contribution in [3.05, 3.63) is 11.7 Å². The molecule has 1 fully saturated rings. The SMILES string of the molecule is COCc1nc(CN2C(=O)OCC2C(C)C)no1. The molecule has 0 spiro atoms. The molecule has 0 radical (unpaired) electrons. The Balaban J connectivity index is 2.04. The number of nitrogens with zero attached hydrogens (tertiary/aromatic N) is 3. The van der Waals surface area contributed by atoms with Gasteiger partial charge in [0.05, 0.1) is 12.6 Å². The van der Waals surface area contributed by atoms with E-state index in [4.69, 9.17) is 14.0 Å². The first-order chi connectivity index (χ1) is 8.61. The Hall–Kier alpha value is -1.63. The first-order valence-corrected chi connectivity index (χ1v) is 5.85. The lowest BCUT2D eigenvalue weighted by molar-refractivity contribution is 0.150. The molecule has 100 valence electrons. The van der Waals surface area contributed by atoms with Crippen molar-refractivity contribution in [3.63, 3.8) is 0 Å². The third kappa shape index (κ3) is 2.61. The Morgan fingerprint density at radius 2 is 2.33 bits per heavy atom. The van der Waals surface area contributed by atoms with Crippen LogP contribution in [0.2, 0.25) is 0 Å². The minimum atomic E-state index is -0.327. The van der Waals surface area contributed by atoms with Crippen LogP contribution >= 0.6 is 0 Å². The number of rotatable bonds is 5. The van der Waals surface area contributed by atoms with E-state index in [0.29, 0.717) is 30.8 Å². The number of carbonyl (C=O) groups is 1. The van der Waals surface area contributed by atoms with Crippen LogP contribution in [0.3, 0.4) is 0 Å². The van der Waals surface area contributed by atoms with Gasteiger partial charge in [-0.2, -0.15) is 4.98 Å². The summed E-state index contributed by atoms with van der Waals surface area (Å²) in [4.78, 5) is 17.4. The maximum Gasteiger partial charge on any atom is 0.410 e. The standard InChI is InChI=1S/C11H17N3O4/c1-7(2)8-5-17-11(15)14(8)4-9-12-10(6-16-3)18-13-9/h7-8H,4-6H2,1-3H3. The van der Waals surface area contributed by atoms with Crippen LogP contribution < -0.4 is 0 Å². The molecule has 7 heteroatoms. The van der Waals surface area contributed by atoms with Gasteiger partial charge in [0.2, 0.25) is 0 Å². The molecule has 1 aromatic heterocycles. The molecule has 1 aliphatic rings. The van der Waals surface area contributed by atoms with Gasteiger partial charge in [-0.1, -0.05) is 19.0 Å². The van der Waals surface area contributed by atoms with Gasteiger partial charge in [0, 0.05) is 7.11 Å². The summed E-state index contributed by atoms with van der Waals surface area (Å²) in [5, 5.41) is 3.81. The fraction of sp³-hybridized carbons (Fsp3) is 0.727. The van der Waals surface area contributed by atoms with E-state index in [2.05, 4.69) is 10.1 Å². The highest BCUT2D eigenvalue weighted by molar-refractivity contribution is 5.70. The zero-order valence-electron chi connectivity index (χ0n) is 10.8. The van der Waals surface area contributed by atoms with Crippen molar-refractivity contribution in [2.75, 3.05) is 13.7 Å². The molecule has 1 unspecified atom stereocenters. The van der Waals surface area contributed by atoms with Gasteiger partial charge in [0.15, 0.2) is 5.82 Å². The second-order valence-electron chi connectivity index (χ2n) is 4.55. The number of methoxy groups -OCH3 is 1. The number of ether oxygens (including phenoxy) is 2. The van der Waals surface area contributed by atoms with Crippen LogP contribution in [0.15, 0.2) is 4.52 Å². The van der Waals surface area contributed by atoms with Crippen molar-refractivity contribution >= 4 is 6.09 Å². The largest absolute Gasteiger partial charge is 0.447 e. The summed E-state index contributed by atoms with van der Waals surface area (Å²) in [6.07, 6.45) is -0.327. The van der Waals surface area contributed by atoms with E-state index in [1.54, 1.807) is 12.0 Å². The number of cyclic esters (lactones) is 1. The quantitative estimate of drug-likeness (QED) is 0.786. The minimum Gasteiger partial charge on any atom is -0.447 e. The lowest BCUT2D eigenvalue weighted by atomic mass is 10.0. The summed E-state index contributed by atoms with van der Waals surface area (Å²) >= 11 is 0. The molecular formula is C11H17N3O4. The predicted octanol–water partition coefficient (Wildman–Crippen LogP) is 1.19. The van der Waals surface area contributed by atoms with Crippen LogP contribution in [0.1, 0.15) is 25.6 Å². The van der Waals surface area contributed by atoms with Crippen LogP contribution in [0.5, 0.6) is 0 Å². The number of aromatic nitrogens is 2. The van der Waals surface area contributed by atoms with E-state index >= 15 is 0 Å². The maximum absolute atomic E-state index is 11.6. The monoisotopic (exact) mass is 255 g/mol. The van der Waals surface area contributed by atoms with Crippen LogP contribution in [-0.4, -0.2) is 40.9 Å². The van der Waals surface area contributed by atoms with Crippen molar-refractivity contribution in [1.29, 1.82) is 0 Å². The molecule has 2 rings (SSSR count). The molecule has 1 atom stereocenters. The summed E-state index contributed by atoms with van der Waals surface area (Å²) in [7, 11) is 1.55. The van der Waals surface area contributed by atoms with Crippen molar-refractivity contribution in [2.24, 2.45) is 5.92 Å². The van der Waals surface area contributed by atoms with E-state index in [0.717, 1.165) is 0 Å². The number of carbonyl (C=O) groups excluding carboxylic acids is 1. The third-order valence-electron chi connectivity index (χ3n) is 2.87. The van der Waals surface area contributed by atoms with Crippen molar-refractivity contribution in [3.8, 4) is 0 Å². The summed E-state index contributed by atoms with van der Waals surface area (Å²) < 4.78 is 14.9. The number of amides is 1. The van der Waals surface area contributed by atoms with Gasteiger partial charge in [-0.15, -0.1) is 0 Å². The molecule has 2 heterocycles. The molecule has 18 heavy (non-hydrogen) atoms. The van der Waals surface area contributed by atoms with Gasteiger partial charge in [-0.25, -0.2) is 4.79 Å². The fourth-order valence-electron chi connectivity index (χ4n) is 1.89. The van der Waals surface area contributed by atoms with Crippen LogP contribution in [0.4, 0.5) is 4.79 Å². The highest BCUT2D eigenvalue weighted by Gasteiger charge is 2.35. The lowest BCUT2D eigenvalue weighted by Crippen LogP contribution is -2.36. The second kappa shape index (κ2) is 5.34. The van der Waals surface area contributed by atoms with Gasteiger partial charge < -0.3 is 14.0 Å². The summed E-state index contributed by atoms with van der Waals surface area (Å²) in [6.45, 7) is 5.08. The molecule has 7 nitrogen and oxygen atoms in total. The predicted molar refractivity (Wildman–Crippen MR) is 60.5 cm³/mol. The smallest absolute Gasteiger partial charge is 0.410 e. The molecule has 0 aliphatic carbocycles. The van der Waals surface area contributed by atoms with Crippen molar-refractivity contribution in [1.82, 2.24) is 15.0 Å². The summed E-state index contributed by atoms with van der Waals surface area (Å²) in [5.41, 5.74) is 0. The van der Waals surface area contributed by atoms with E-state index < -0.39 is 0 Å². The zero-order valence-corrected chi connectivity index (χ0v) is 10.8. The lowest BCUT2D eigenvalue weighted by Gasteiger charge is -2.22. The van der Waals surface area contributed by atoms with Crippen LogP contribution in [-0.2, 0) is 22.6 Å². The van der Waals surface area contributed by atoms with E-state index in [1.165, 1.54) is 0 Å². The zero-order chi connectivity index (χ0) is 13.1. The molecule has 1 aromatic rings. The Kier molecular flexibility index (Phi) is 3.81. The normalized spacial score (nSPS) is 19.7. The molecule has 1 saturated heterocycles. The van der Waals surface area contributed by atoms with Gasteiger partial charge in [0.25, 0.3) is 5.89 Å². The Morgan fingerprint density at radius 3 is 3.00 bits per heavy atom. The Bertz CT molecular complexity index is 418. The van der Waals surface area contributed by atoms with Gasteiger partial charge in [0.1, 0.15) is 13.2 Å². The first-order valence-electron chi connectivity index (χ1n) is 5.85. The highest BCUT2D eigenvalue weighted by Crippen LogP contribution is 2.21. The van der Waals surface area contributed by atoms with Crippen molar-refractivity contribution < 1.29 is 18.8 Å². The average Bonchev–Trinajstić information content (AvgIpc) is 2.89. The summed E-state index contributed by atoms with van der Waals surface area (Å²) in [6, 6.07) is 0.0573. The van der Waals surface area contributed by atoms with Crippen LogP contribution in [0.25, 0.3) is 0 Å². The van der Waals surface area contributed by atoms with E-state index in [-0.39, 0.29) is 18.7 Å². The average molecular weight is 255 g/mol. The summed E-state index contributed by atoms with van der Waals surface area (Å²) in [5.74, 6) is 1.19. The molecule has 1 amide bonds. The Morgan fingerprint density at radius 1 is 1.56 bits per heavy atom.